The second-order valence-electron chi connectivity index (χ2n) is 5.77. The lowest BCUT2D eigenvalue weighted by atomic mass is 9.75. The Hall–Kier alpha value is -2.69. The lowest BCUT2D eigenvalue weighted by Gasteiger charge is -2.53. The largest absolute Gasteiger partial charge is 0.324 e. The fourth-order valence-corrected chi connectivity index (χ4v) is 3.28. The number of carbonyl (C=O) groups excluding carboxylic acids is 2. The molecule has 1 atom stereocenters. The van der Waals surface area contributed by atoms with Gasteiger partial charge in [0.15, 0.2) is 0 Å². The zero-order chi connectivity index (χ0) is 15.2. The number of aromatic nitrogens is 1. The van der Waals surface area contributed by atoms with E-state index in [4.69, 9.17) is 0 Å². The summed E-state index contributed by atoms with van der Waals surface area (Å²) in [6.07, 6.45) is 4.44. The van der Waals surface area contributed by atoms with Crippen LogP contribution >= 0.6 is 0 Å². The molecule has 4 rings (SSSR count). The standard InChI is InChI=1S/C17H15N3O2/c21-15(13-5-3-8-18-11-13)20-9-7-17(20)10-12-4-1-2-6-14(12)19-16(17)22/h1-6,8,11H,7,9-10H2,(H,19,22). The third-order valence-corrected chi connectivity index (χ3v) is 4.59. The monoisotopic (exact) mass is 293 g/mol. The number of pyridine rings is 1. The Bertz CT molecular complexity index is 760. The number of hydrogen-bond acceptors (Lipinski definition) is 3. The molecule has 0 aliphatic carbocycles. The highest BCUT2D eigenvalue weighted by Crippen LogP contribution is 2.41. The third-order valence-electron chi connectivity index (χ3n) is 4.59. The lowest BCUT2D eigenvalue weighted by molar-refractivity contribution is -0.134. The van der Waals surface area contributed by atoms with Crippen molar-refractivity contribution in [2.24, 2.45) is 0 Å². The molecule has 1 aromatic carbocycles. The van der Waals surface area contributed by atoms with Crippen molar-refractivity contribution >= 4 is 17.5 Å². The topological polar surface area (TPSA) is 62.3 Å². The number of hydrogen-bond donors (Lipinski definition) is 1. The van der Waals surface area contributed by atoms with Gasteiger partial charge in [0.1, 0.15) is 5.54 Å². The Labute approximate surface area is 128 Å². The molecule has 0 saturated carbocycles. The molecule has 1 fully saturated rings. The summed E-state index contributed by atoms with van der Waals surface area (Å²) in [5.74, 6) is -0.219. The van der Waals surface area contributed by atoms with Gasteiger partial charge in [-0.25, -0.2) is 0 Å². The van der Waals surface area contributed by atoms with Crippen LogP contribution in [0.5, 0.6) is 0 Å². The van der Waals surface area contributed by atoms with E-state index in [1.807, 2.05) is 24.3 Å². The Morgan fingerprint density at radius 3 is 2.82 bits per heavy atom. The molecule has 1 unspecified atom stereocenters. The number of fused-ring (bicyclic) bond motifs is 1. The molecule has 1 aromatic heterocycles. The van der Waals surface area contributed by atoms with Crippen molar-refractivity contribution in [3.63, 3.8) is 0 Å². The van der Waals surface area contributed by atoms with Gasteiger partial charge in [-0.2, -0.15) is 0 Å². The van der Waals surface area contributed by atoms with Gasteiger partial charge in [0.2, 0.25) is 0 Å². The molecular formula is C17H15N3O2. The second-order valence-corrected chi connectivity index (χ2v) is 5.77. The summed E-state index contributed by atoms with van der Waals surface area (Å²) in [6.45, 7) is 0.601. The van der Waals surface area contributed by atoms with Crippen LogP contribution in [0.4, 0.5) is 5.69 Å². The molecule has 2 aliphatic heterocycles. The van der Waals surface area contributed by atoms with E-state index in [0.29, 0.717) is 24.9 Å². The van der Waals surface area contributed by atoms with Gasteiger partial charge < -0.3 is 10.2 Å². The van der Waals surface area contributed by atoms with Gasteiger partial charge in [-0.15, -0.1) is 0 Å². The third kappa shape index (κ3) is 1.75. The summed E-state index contributed by atoms with van der Waals surface area (Å²) in [5, 5.41) is 2.94. The number of amides is 2. The molecule has 110 valence electrons. The molecule has 2 aromatic rings. The van der Waals surface area contributed by atoms with Crippen LogP contribution in [0.1, 0.15) is 22.3 Å². The van der Waals surface area contributed by atoms with Gasteiger partial charge in [-0.3, -0.25) is 14.6 Å². The Balaban J connectivity index is 1.68. The Kier molecular flexibility index (Phi) is 2.76. The van der Waals surface area contributed by atoms with Gasteiger partial charge >= 0.3 is 0 Å². The molecule has 2 aliphatic rings. The van der Waals surface area contributed by atoms with Crippen molar-refractivity contribution in [1.29, 1.82) is 0 Å². The van der Waals surface area contributed by atoms with Crippen LogP contribution in [0.15, 0.2) is 48.8 Å². The summed E-state index contributed by atoms with van der Waals surface area (Å²) in [5.41, 5.74) is 1.69. The first-order valence-electron chi connectivity index (χ1n) is 7.32. The molecule has 1 N–H and O–H groups in total. The quantitative estimate of drug-likeness (QED) is 0.873. The van der Waals surface area contributed by atoms with Crippen LogP contribution in [0.3, 0.4) is 0 Å². The summed E-state index contributed by atoms with van der Waals surface area (Å²) in [7, 11) is 0. The average Bonchev–Trinajstić information content (AvgIpc) is 2.54. The van der Waals surface area contributed by atoms with Crippen LogP contribution in [0.25, 0.3) is 0 Å². The fourth-order valence-electron chi connectivity index (χ4n) is 3.28. The number of likely N-dealkylation sites (tertiary alicyclic amines) is 1. The van der Waals surface area contributed by atoms with Crippen molar-refractivity contribution in [1.82, 2.24) is 9.88 Å². The number of para-hydroxylation sites is 1. The number of carbonyl (C=O) groups is 2. The minimum absolute atomic E-state index is 0.0882. The van der Waals surface area contributed by atoms with E-state index in [0.717, 1.165) is 11.3 Å². The first kappa shape index (κ1) is 13.0. The average molecular weight is 293 g/mol. The molecule has 0 radical (unpaired) electrons. The van der Waals surface area contributed by atoms with Crippen molar-refractivity contribution in [3.05, 3.63) is 59.9 Å². The zero-order valence-electron chi connectivity index (χ0n) is 12.0. The zero-order valence-corrected chi connectivity index (χ0v) is 12.0. The van der Waals surface area contributed by atoms with E-state index >= 15 is 0 Å². The van der Waals surface area contributed by atoms with Gasteiger partial charge in [-0.05, 0) is 30.2 Å². The molecule has 22 heavy (non-hydrogen) atoms. The van der Waals surface area contributed by atoms with Crippen molar-refractivity contribution in [3.8, 4) is 0 Å². The summed E-state index contributed by atoms with van der Waals surface area (Å²) >= 11 is 0. The number of benzene rings is 1. The molecule has 0 bridgehead atoms. The predicted molar refractivity (Wildman–Crippen MR) is 81.4 cm³/mol. The first-order chi connectivity index (χ1) is 10.7. The van der Waals surface area contributed by atoms with Crippen LogP contribution < -0.4 is 5.32 Å². The van der Waals surface area contributed by atoms with E-state index in [-0.39, 0.29) is 11.8 Å². The number of anilines is 1. The highest BCUT2D eigenvalue weighted by Gasteiger charge is 2.55. The van der Waals surface area contributed by atoms with Crippen molar-refractivity contribution < 1.29 is 9.59 Å². The molecule has 5 nitrogen and oxygen atoms in total. The molecular weight excluding hydrogens is 278 g/mol. The SMILES string of the molecule is O=C(c1cccnc1)N1CCC12Cc1ccccc1NC2=O. The molecule has 1 saturated heterocycles. The van der Waals surface area contributed by atoms with E-state index in [1.165, 1.54) is 0 Å². The summed E-state index contributed by atoms with van der Waals surface area (Å²) in [6, 6.07) is 11.2. The van der Waals surface area contributed by atoms with E-state index in [2.05, 4.69) is 10.3 Å². The van der Waals surface area contributed by atoms with Gasteiger partial charge in [0.25, 0.3) is 11.8 Å². The molecule has 3 heterocycles. The minimum atomic E-state index is -0.749. The maximum Gasteiger partial charge on any atom is 0.256 e. The predicted octanol–water partition coefficient (Wildman–Crippen LogP) is 1.86. The number of nitrogens with zero attached hydrogens (tertiary/aromatic N) is 2. The van der Waals surface area contributed by atoms with Gasteiger partial charge in [0, 0.05) is 31.0 Å². The van der Waals surface area contributed by atoms with E-state index in [1.54, 1.807) is 29.4 Å². The van der Waals surface area contributed by atoms with Crippen LogP contribution in [-0.4, -0.2) is 33.8 Å². The maximum atomic E-state index is 12.7. The molecule has 2 amide bonds. The highest BCUT2D eigenvalue weighted by molar-refractivity contribution is 6.06. The fraction of sp³-hybridized carbons (Fsp3) is 0.235. The highest BCUT2D eigenvalue weighted by atomic mass is 16.2. The summed E-state index contributed by atoms with van der Waals surface area (Å²) < 4.78 is 0. The van der Waals surface area contributed by atoms with Crippen LogP contribution in [0.2, 0.25) is 0 Å². The number of nitrogens with one attached hydrogen (secondary N) is 1. The van der Waals surface area contributed by atoms with Crippen LogP contribution in [0, 0.1) is 0 Å². The summed E-state index contributed by atoms with van der Waals surface area (Å²) in [4.78, 5) is 30.9. The van der Waals surface area contributed by atoms with Gasteiger partial charge in [0.05, 0.1) is 5.56 Å². The van der Waals surface area contributed by atoms with E-state index < -0.39 is 5.54 Å². The lowest BCUT2D eigenvalue weighted by Crippen LogP contribution is -2.70. The Morgan fingerprint density at radius 2 is 2.09 bits per heavy atom. The normalized spacial score (nSPS) is 22.7. The van der Waals surface area contributed by atoms with Crippen molar-refractivity contribution in [2.45, 2.75) is 18.4 Å². The van der Waals surface area contributed by atoms with Crippen molar-refractivity contribution in [2.75, 3.05) is 11.9 Å². The minimum Gasteiger partial charge on any atom is -0.324 e. The van der Waals surface area contributed by atoms with Crippen LogP contribution in [-0.2, 0) is 11.2 Å². The second kappa shape index (κ2) is 4.66. The van der Waals surface area contributed by atoms with E-state index in [9.17, 15) is 9.59 Å². The number of rotatable bonds is 1. The Morgan fingerprint density at radius 1 is 1.23 bits per heavy atom. The maximum absolute atomic E-state index is 12.7. The molecule has 1 spiro atoms. The van der Waals surface area contributed by atoms with Gasteiger partial charge in [-0.1, -0.05) is 18.2 Å². The first-order valence-corrected chi connectivity index (χ1v) is 7.32. The smallest absolute Gasteiger partial charge is 0.256 e. The molecule has 5 heteroatoms.